The summed E-state index contributed by atoms with van der Waals surface area (Å²) in [6.45, 7) is 0.246. The highest BCUT2D eigenvalue weighted by atomic mass is 35.5. The van der Waals surface area contributed by atoms with Gasteiger partial charge in [0.25, 0.3) is 0 Å². The minimum absolute atomic E-state index is 0.246. The monoisotopic (exact) mass is 413 g/mol. The highest BCUT2D eigenvalue weighted by molar-refractivity contribution is 7.98. The van der Waals surface area contributed by atoms with Crippen LogP contribution in [0.5, 0.6) is 0 Å². The van der Waals surface area contributed by atoms with E-state index in [0.29, 0.717) is 10.8 Å². The average Bonchev–Trinajstić information content (AvgIpc) is 3.29. The second-order valence-corrected chi connectivity index (χ2v) is 7.57. The summed E-state index contributed by atoms with van der Waals surface area (Å²) in [5.41, 5.74) is 3.41. The standard InChI is InChI=1S/C19H16ClN5O2S/c20-13-2-1-3-14(8-13)25-17(15-10-28-11-16(15)24-25)23-19(27)18(26)22-9-12-4-6-21-7-5-12/h1-8H,9-11H2,(H,22,26)(H,23,27). The summed E-state index contributed by atoms with van der Waals surface area (Å²) in [6, 6.07) is 10.7. The smallest absolute Gasteiger partial charge is 0.314 e. The molecule has 2 aromatic heterocycles. The predicted octanol–water partition coefficient (Wildman–Crippen LogP) is 2.92. The van der Waals surface area contributed by atoms with Gasteiger partial charge in [0.1, 0.15) is 5.82 Å². The van der Waals surface area contributed by atoms with E-state index in [-0.39, 0.29) is 6.54 Å². The van der Waals surface area contributed by atoms with E-state index >= 15 is 0 Å². The first-order valence-electron chi connectivity index (χ1n) is 8.54. The molecule has 1 aliphatic heterocycles. The van der Waals surface area contributed by atoms with Crippen LogP contribution in [0.15, 0.2) is 48.8 Å². The molecule has 0 saturated carbocycles. The van der Waals surface area contributed by atoms with Gasteiger partial charge < -0.3 is 10.6 Å². The molecule has 3 aromatic rings. The lowest BCUT2D eigenvalue weighted by Gasteiger charge is -2.11. The number of hydrogen-bond donors (Lipinski definition) is 2. The summed E-state index contributed by atoms with van der Waals surface area (Å²) in [4.78, 5) is 28.6. The molecule has 0 radical (unpaired) electrons. The molecule has 3 heterocycles. The SMILES string of the molecule is O=C(NCc1ccncc1)C(=O)Nc1c2c(nn1-c1cccc(Cl)c1)CSC2. The molecule has 142 valence electrons. The largest absolute Gasteiger partial charge is 0.344 e. The number of halogens is 1. The topological polar surface area (TPSA) is 88.9 Å². The summed E-state index contributed by atoms with van der Waals surface area (Å²) in [6.07, 6.45) is 3.26. The second-order valence-electron chi connectivity index (χ2n) is 6.15. The normalized spacial score (nSPS) is 12.5. The predicted molar refractivity (Wildman–Crippen MR) is 108 cm³/mol. The van der Waals surface area contributed by atoms with E-state index in [1.807, 2.05) is 12.1 Å². The van der Waals surface area contributed by atoms with E-state index < -0.39 is 11.8 Å². The number of nitrogens with zero attached hydrogens (tertiary/aromatic N) is 3. The van der Waals surface area contributed by atoms with Crippen molar-refractivity contribution in [3.63, 3.8) is 0 Å². The lowest BCUT2D eigenvalue weighted by Crippen LogP contribution is -2.35. The van der Waals surface area contributed by atoms with Crippen LogP contribution in [0.25, 0.3) is 5.69 Å². The van der Waals surface area contributed by atoms with E-state index in [4.69, 9.17) is 11.6 Å². The number of aromatic nitrogens is 3. The molecule has 2 amide bonds. The van der Waals surface area contributed by atoms with Crippen molar-refractivity contribution in [1.82, 2.24) is 20.1 Å². The number of rotatable bonds is 4. The fourth-order valence-electron chi connectivity index (χ4n) is 2.86. The van der Waals surface area contributed by atoms with E-state index in [1.54, 1.807) is 53.1 Å². The molecule has 7 nitrogen and oxygen atoms in total. The van der Waals surface area contributed by atoms with E-state index in [2.05, 4.69) is 20.7 Å². The Morgan fingerprint density at radius 2 is 1.96 bits per heavy atom. The molecule has 0 aliphatic carbocycles. The molecule has 9 heteroatoms. The van der Waals surface area contributed by atoms with Crippen LogP contribution in [0.1, 0.15) is 16.8 Å². The Morgan fingerprint density at radius 1 is 1.14 bits per heavy atom. The van der Waals surface area contributed by atoms with Crippen molar-refractivity contribution in [1.29, 1.82) is 0 Å². The number of benzene rings is 1. The molecular formula is C19H16ClN5O2S. The van der Waals surface area contributed by atoms with Gasteiger partial charge in [0.05, 0.1) is 11.4 Å². The van der Waals surface area contributed by atoms with Crippen molar-refractivity contribution in [2.75, 3.05) is 5.32 Å². The van der Waals surface area contributed by atoms with Gasteiger partial charge in [-0.1, -0.05) is 17.7 Å². The Hall–Kier alpha value is -2.84. The third-order valence-corrected chi connectivity index (χ3v) is 5.45. The maximum atomic E-state index is 12.5. The first kappa shape index (κ1) is 18.5. The summed E-state index contributed by atoms with van der Waals surface area (Å²) < 4.78 is 1.63. The van der Waals surface area contributed by atoms with Gasteiger partial charge >= 0.3 is 11.8 Å². The lowest BCUT2D eigenvalue weighted by molar-refractivity contribution is -0.136. The zero-order valence-electron chi connectivity index (χ0n) is 14.7. The fraction of sp³-hybridized carbons (Fsp3) is 0.158. The average molecular weight is 414 g/mol. The molecule has 0 unspecified atom stereocenters. The number of hydrogen-bond acceptors (Lipinski definition) is 5. The van der Waals surface area contributed by atoms with E-state index in [9.17, 15) is 9.59 Å². The highest BCUT2D eigenvalue weighted by Gasteiger charge is 2.26. The molecule has 1 aliphatic rings. The van der Waals surface area contributed by atoms with Crippen molar-refractivity contribution in [2.24, 2.45) is 0 Å². The third-order valence-electron chi connectivity index (χ3n) is 4.25. The summed E-state index contributed by atoms with van der Waals surface area (Å²) in [5.74, 6) is 0.544. The molecule has 0 atom stereocenters. The molecule has 0 bridgehead atoms. The van der Waals surface area contributed by atoms with Gasteiger partial charge in [-0.2, -0.15) is 16.9 Å². The fourth-order valence-corrected chi connectivity index (χ4v) is 4.08. The van der Waals surface area contributed by atoms with E-state index in [0.717, 1.165) is 34.0 Å². The van der Waals surface area contributed by atoms with Crippen LogP contribution in [0.4, 0.5) is 5.82 Å². The minimum atomic E-state index is -0.739. The minimum Gasteiger partial charge on any atom is -0.344 e. The van der Waals surface area contributed by atoms with Crippen molar-refractivity contribution < 1.29 is 9.59 Å². The zero-order valence-corrected chi connectivity index (χ0v) is 16.3. The molecule has 0 saturated heterocycles. The Kier molecular flexibility index (Phi) is 5.31. The quantitative estimate of drug-likeness (QED) is 0.642. The summed E-state index contributed by atoms with van der Waals surface area (Å²) in [5, 5.41) is 10.5. The van der Waals surface area contributed by atoms with Gasteiger partial charge in [-0.3, -0.25) is 14.6 Å². The summed E-state index contributed by atoms with van der Waals surface area (Å²) in [7, 11) is 0. The van der Waals surface area contributed by atoms with Crippen molar-refractivity contribution in [3.8, 4) is 5.69 Å². The molecular weight excluding hydrogens is 398 g/mol. The number of anilines is 1. The van der Waals surface area contributed by atoms with Gasteiger partial charge in [-0.05, 0) is 35.9 Å². The zero-order chi connectivity index (χ0) is 19.5. The molecule has 2 N–H and O–H groups in total. The van der Waals surface area contributed by atoms with Crippen LogP contribution >= 0.6 is 23.4 Å². The summed E-state index contributed by atoms with van der Waals surface area (Å²) >= 11 is 7.81. The maximum absolute atomic E-state index is 12.5. The van der Waals surface area contributed by atoms with Crippen molar-refractivity contribution in [2.45, 2.75) is 18.1 Å². The number of fused-ring (bicyclic) bond motifs is 1. The van der Waals surface area contributed by atoms with Crippen LogP contribution in [0.2, 0.25) is 5.02 Å². The maximum Gasteiger partial charge on any atom is 0.314 e. The molecule has 4 rings (SSSR count). The van der Waals surface area contributed by atoms with Crippen LogP contribution < -0.4 is 10.6 Å². The number of nitrogens with one attached hydrogen (secondary N) is 2. The number of amides is 2. The lowest BCUT2D eigenvalue weighted by atomic mass is 10.2. The Labute approximate surface area is 170 Å². The first-order valence-corrected chi connectivity index (χ1v) is 10.1. The number of pyridine rings is 1. The molecule has 1 aromatic carbocycles. The van der Waals surface area contributed by atoms with E-state index in [1.165, 1.54) is 0 Å². The van der Waals surface area contributed by atoms with Gasteiger partial charge in [0, 0.05) is 41.0 Å². The van der Waals surface area contributed by atoms with Crippen LogP contribution in [-0.2, 0) is 27.6 Å². The van der Waals surface area contributed by atoms with Gasteiger partial charge in [0.2, 0.25) is 0 Å². The molecule has 0 spiro atoms. The van der Waals surface area contributed by atoms with Crippen LogP contribution in [-0.4, -0.2) is 26.6 Å². The molecule has 0 fully saturated rings. The van der Waals surface area contributed by atoms with Gasteiger partial charge in [0.15, 0.2) is 0 Å². The number of carbonyl (C=O) groups excluding carboxylic acids is 2. The second kappa shape index (κ2) is 8.04. The third kappa shape index (κ3) is 3.88. The van der Waals surface area contributed by atoms with Crippen LogP contribution in [0, 0.1) is 0 Å². The van der Waals surface area contributed by atoms with Gasteiger partial charge in [-0.25, -0.2) is 4.68 Å². The Balaban J connectivity index is 1.54. The Morgan fingerprint density at radius 3 is 2.75 bits per heavy atom. The molecule has 28 heavy (non-hydrogen) atoms. The van der Waals surface area contributed by atoms with Crippen molar-refractivity contribution in [3.05, 3.63) is 70.6 Å². The highest BCUT2D eigenvalue weighted by Crippen LogP contribution is 2.36. The van der Waals surface area contributed by atoms with Gasteiger partial charge in [-0.15, -0.1) is 0 Å². The first-order chi connectivity index (χ1) is 13.6. The number of carbonyl (C=O) groups is 2. The Bertz CT molecular complexity index is 1040. The number of thioether (sulfide) groups is 1. The van der Waals surface area contributed by atoms with Crippen LogP contribution in [0.3, 0.4) is 0 Å². The van der Waals surface area contributed by atoms with Crippen molar-refractivity contribution >= 4 is 41.0 Å².